The summed E-state index contributed by atoms with van der Waals surface area (Å²) in [5.41, 5.74) is 4.48. The van der Waals surface area contributed by atoms with Gasteiger partial charge in [-0.25, -0.2) is 5.43 Å². The highest BCUT2D eigenvalue weighted by molar-refractivity contribution is 5.84. The van der Waals surface area contributed by atoms with Crippen molar-refractivity contribution in [2.24, 2.45) is 5.10 Å². The Bertz CT molecular complexity index is 624. The zero-order chi connectivity index (χ0) is 15.1. The molecule has 108 valence electrons. The van der Waals surface area contributed by atoms with E-state index in [2.05, 4.69) is 10.5 Å². The number of rotatable bonds is 5. The first-order valence-corrected chi connectivity index (χ1v) is 6.76. The van der Waals surface area contributed by atoms with Crippen LogP contribution in [-0.4, -0.2) is 18.2 Å². The highest BCUT2D eigenvalue weighted by Crippen LogP contribution is 2.14. The van der Waals surface area contributed by atoms with Gasteiger partial charge >= 0.3 is 0 Å². The van der Waals surface area contributed by atoms with Gasteiger partial charge in [-0.05, 0) is 37.1 Å². The molecule has 4 heteroatoms. The van der Waals surface area contributed by atoms with Gasteiger partial charge in [0, 0.05) is 0 Å². The summed E-state index contributed by atoms with van der Waals surface area (Å²) in [5.74, 6) is 0.383. The second-order valence-corrected chi connectivity index (χ2v) is 4.72. The smallest absolute Gasteiger partial charge is 0.280 e. The topological polar surface area (TPSA) is 50.7 Å². The van der Waals surface area contributed by atoms with E-state index < -0.39 is 6.10 Å². The summed E-state index contributed by atoms with van der Waals surface area (Å²) in [5, 5.41) is 3.92. The average Bonchev–Trinajstić information content (AvgIpc) is 2.48. The van der Waals surface area contributed by atoms with Gasteiger partial charge in [0.15, 0.2) is 6.10 Å². The highest BCUT2D eigenvalue weighted by atomic mass is 16.5. The maximum Gasteiger partial charge on any atom is 0.280 e. The van der Waals surface area contributed by atoms with Crippen LogP contribution in [-0.2, 0) is 4.79 Å². The van der Waals surface area contributed by atoms with Crippen molar-refractivity contribution in [1.82, 2.24) is 5.43 Å². The zero-order valence-electron chi connectivity index (χ0n) is 12.1. The summed E-state index contributed by atoms with van der Waals surface area (Å²) in [4.78, 5) is 11.9. The van der Waals surface area contributed by atoms with Gasteiger partial charge in [-0.15, -0.1) is 0 Å². The van der Waals surface area contributed by atoms with Gasteiger partial charge < -0.3 is 4.74 Å². The first kappa shape index (κ1) is 14.8. The number of hydrazone groups is 1. The van der Waals surface area contributed by atoms with Gasteiger partial charge in [0.25, 0.3) is 5.91 Å². The SMILES string of the molecule is Cc1cccc(O[C@H](C)C(=O)N/N=C/c2ccccc2)c1. The van der Waals surface area contributed by atoms with Crippen LogP contribution in [0.5, 0.6) is 5.75 Å². The lowest BCUT2D eigenvalue weighted by Gasteiger charge is -2.13. The molecule has 0 aliphatic carbocycles. The summed E-state index contributed by atoms with van der Waals surface area (Å²) in [6.45, 7) is 3.66. The number of amides is 1. The summed E-state index contributed by atoms with van der Waals surface area (Å²) >= 11 is 0. The number of carbonyl (C=O) groups is 1. The lowest BCUT2D eigenvalue weighted by Crippen LogP contribution is -2.33. The van der Waals surface area contributed by atoms with E-state index in [0.29, 0.717) is 5.75 Å². The molecule has 0 aliphatic rings. The Morgan fingerprint density at radius 3 is 2.67 bits per heavy atom. The molecule has 0 aromatic heterocycles. The largest absolute Gasteiger partial charge is 0.481 e. The standard InChI is InChI=1S/C17H18N2O2/c1-13-7-6-10-16(11-13)21-14(2)17(20)19-18-12-15-8-4-3-5-9-15/h3-12,14H,1-2H3,(H,19,20)/b18-12+/t14-/m1/s1. The fraction of sp³-hybridized carbons (Fsp3) is 0.176. The van der Waals surface area contributed by atoms with E-state index in [0.717, 1.165) is 11.1 Å². The minimum Gasteiger partial charge on any atom is -0.481 e. The van der Waals surface area contributed by atoms with E-state index in [1.54, 1.807) is 13.1 Å². The quantitative estimate of drug-likeness (QED) is 0.677. The van der Waals surface area contributed by atoms with Gasteiger partial charge in [0.2, 0.25) is 0 Å². The van der Waals surface area contributed by atoms with Crippen LogP contribution in [0.2, 0.25) is 0 Å². The second kappa shape index (κ2) is 7.24. The number of nitrogens with zero attached hydrogens (tertiary/aromatic N) is 1. The third kappa shape index (κ3) is 4.76. The maximum atomic E-state index is 11.9. The molecule has 0 saturated carbocycles. The number of ether oxygens (including phenoxy) is 1. The van der Waals surface area contributed by atoms with Gasteiger partial charge in [-0.2, -0.15) is 5.10 Å². The number of hydrogen-bond acceptors (Lipinski definition) is 3. The molecule has 0 aliphatic heterocycles. The van der Waals surface area contributed by atoms with Crippen molar-refractivity contribution in [3.8, 4) is 5.75 Å². The van der Waals surface area contributed by atoms with E-state index in [9.17, 15) is 4.79 Å². The Labute approximate surface area is 124 Å². The van der Waals surface area contributed by atoms with Crippen LogP contribution in [0.1, 0.15) is 18.1 Å². The van der Waals surface area contributed by atoms with Crippen LogP contribution in [0, 0.1) is 6.92 Å². The van der Waals surface area contributed by atoms with Gasteiger partial charge in [0.1, 0.15) is 5.75 Å². The van der Waals surface area contributed by atoms with Crippen molar-refractivity contribution in [3.05, 3.63) is 65.7 Å². The molecule has 0 radical (unpaired) electrons. The molecule has 2 aromatic rings. The van der Waals surface area contributed by atoms with E-state index in [1.165, 1.54) is 0 Å². The third-order valence-electron chi connectivity index (χ3n) is 2.86. The van der Waals surface area contributed by atoms with E-state index in [4.69, 9.17) is 4.74 Å². The molecule has 0 bridgehead atoms. The molecule has 0 unspecified atom stereocenters. The number of benzene rings is 2. The molecular formula is C17H18N2O2. The van der Waals surface area contributed by atoms with Crippen LogP contribution in [0.15, 0.2) is 59.7 Å². The Kier molecular flexibility index (Phi) is 5.10. The second-order valence-electron chi connectivity index (χ2n) is 4.72. The number of aryl methyl sites for hydroxylation is 1. The Hall–Kier alpha value is -2.62. The molecule has 1 atom stereocenters. The number of hydrogen-bond donors (Lipinski definition) is 1. The molecule has 1 amide bonds. The fourth-order valence-electron chi connectivity index (χ4n) is 1.75. The van der Waals surface area contributed by atoms with Crippen LogP contribution in [0.4, 0.5) is 0 Å². The van der Waals surface area contributed by atoms with Crippen LogP contribution < -0.4 is 10.2 Å². The van der Waals surface area contributed by atoms with Crippen LogP contribution in [0.3, 0.4) is 0 Å². The maximum absolute atomic E-state index is 11.9. The Balaban J connectivity index is 1.87. The lowest BCUT2D eigenvalue weighted by molar-refractivity contribution is -0.127. The van der Waals surface area contributed by atoms with E-state index in [-0.39, 0.29) is 5.91 Å². The molecule has 0 heterocycles. The predicted molar refractivity (Wildman–Crippen MR) is 83.4 cm³/mol. The van der Waals surface area contributed by atoms with Gasteiger partial charge in [-0.3, -0.25) is 4.79 Å². The zero-order valence-corrected chi connectivity index (χ0v) is 12.1. The summed E-state index contributed by atoms with van der Waals surface area (Å²) < 4.78 is 5.57. The molecule has 0 saturated heterocycles. The van der Waals surface area contributed by atoms with Crippen molar-refractivity contribution in [2.45, 2.75) is 20.0 Å². The minimum atomic E-state index is -0.611. The van der Waals surface area contributed by atoms with E-state index in [1.807, 2.05) is 61.5 Å². The molecule has 21 heavy (non-hydrogen) atoms. The minimum absolute atomic E-state index is 0.288. The average molecular weight is 282 g/mol. The van der Waals surface area contributed by atoms with Crippen LogP contribution in [0.25, 0.3) is 0 Å². The Morgan fingerprint density at radius 2 is 1.95 bits per heavy atom. The first-order valence-electron chi connectivity index (χ1n) is 6.76. The predicted octanol–water partition coefficient (Wildman–Crippen LogP) is 2.91. The normalized spacial score (nSPS) is 12.1. The molecule has 1 N–H and O–H groups in total. The van der Waals surface area contributed by atoms with Gasteiger partial charge in [0.05, 0.1) is 6.21 Å². The fourth-order valence-corrected chi connectivity index (χ4v) is 1.75. The lowest BCUT2D eigenvalue weighted by atomic mass is 10.2. The highest BCUT2D eigenvalue weighted by Gasteiger charge is 2.13. The molecule has 2 rings (SSSR count). The van der Waals surface area contributed by atoms with Crippen molar-refractivity contribution in [2.75, 3.05) is 0 Å². The first-order chi connectivity index (χ1) is 10.1. The van der Waals surface area contributed by atoms with Crippen molar-refractivity contribution in [3.63, 3.8) is 0 Å². The molecule has 0 spiro atoms. The van der Waals surface area contributed by atoms with Gasteiger partial charge in [-0.1, -0.05) is 42.5 Å². The van der Waals surface area contributed by atoms with Crippen molar-refractivity contribution >= 4 is 12.1 Å². The monoisotopic (exact) mass is 282 g/mol. The number of carbonyl (C=O) groups excluding carboxylic acids is 1. The van der Waals surface area contributed by atoms with E-state index >= 15 is 0 Å². The van der Waals surface area contributed by atoms with Crippen LogP contribution >= 0.6 is 0 Å². The molecular weight excluding hydrogens is 264 g/mol. The molecule has 4 nitrogen and oxygen atoms in total. The summed E-state index contributed by atoms with van der Waals surface area (Å²) in [6, 6.07) is 17.1. The number of nitrogens with one attached hydrogen (secondary N) is 1. The Morgan fingerprint density at radius 1 is 1.19 bits per heavy atom. The van der Waals surface area contributed by atoms with Crippen molar-refractivity contribution in [1.29, 1.82) is 0 Å². The summed E-state index contributed by atoms with van der Waals surface area (Å²) in [7, 11) is 0. The third-order valence-corrected chi connectivity index (χ3v) is 2.86. The molecule has 2 aromatic carbocycles. The molecule has 0 fully saturated rings. The van der Waals surface area contributed by atoms with Crippen molar-refractivity contribution < 1.29 is 9.53 Å². The summed E-state index contributed by atoms with van der Waals surface area (Å²) in [6.07, 6.45) is 0.983.